The highest BCUT2D eigenvalue weighted by atomic mass is 79.9. The molecular formula is C22H26BrN3O4. The van der Waals surface area contributed by atoms with E-state index in [0.717, 1.165) is 15.6 Å². The van der Waals surface area contributed by atoms with Gasteiger partial charge in [0.05, 0.1) is 6.61 Å². The van der Waals surface area contributed by atoms with Crippen molar-refractivity contribution in [2.75, 3.05) is 33.9 Å². The lowest BCUT2D eigenvalue weighted by atomic mass is 9.91. The van der Waals surface area contributed by atoms with Gasteiger partial charge in [0.25, 0.3) is 5.91 Å². The minimum absolute atomic E-state index is 0.0946. The average molecular weight is 476 g/mol. The minimum atomic E-state index is -1.07. The first kappa shape index (κ1) is 22.3. The van der Waals surface area contributed by atoms with Crippen LogP contribution in [0.4, 0.5) is 0 Å². The zero-order valence-corrected chi connectivity index (χ0v) is 18.7. The second-order valence-corrected chi connectivity index (χ2v) is 8.15. The number of aliphatic hydroxyl groups excluding tert-OH is 1. The van der Waals surface area contributed by atoms with Gasteiger partial charge >= 0.3 is 0 Å². The van der Waals surface area contributed by atoms with Crippen molar-refractivity contribution < 1.29 is 19.4 Å². The number of rotatable bonds is 9. The van der Waals surface area contributed by atoms with E-state index in [-0.39, 0.29) is 19.1 Å². The molecule has 2 aromatic carbocycles. The normalized spacial score (nSPS) is 18.1. The number of nitrogens with zero attached hydrogens (tertiary/aromatic N) is 2. The topological polar surface area (TPSA) is 83.4 Å². The van der Waals surface area contributed by atoms with Gasteiger partial charge in [-0.25, -0.2) is 10.0 Å². The molecule has 1 heterocycles. The monoisotopic (exact) mass is 475 g/mol. The number of hydrazine groups is 1. The number of benzene rings is 2. The van der Waals surface area contributed by atoms with Gasteiger partial charge in [-0.15, -0.1) is 0 Å². The number of hydrogen-bond donors (Lipinski definition) is 2. The van der Waals surface area contributed by atoms with E-state index in [1.165, 1.54) is 0 Å². The Morgan fingerprint density at radius 2 is 2.00 bits per heavy atom. The van der Waals surface area contributed by atoms with Gasteiger partial charge in [0, 0.05) is 43.6 Å². The molecule has 0 bridgehead atoms. The van der Waals surface area contributed by atoms with Crippen molar-refractivity contribution >= 4 is 27.7 Å². The number of carbonyl (C=O) groups is 1. The molecule has 0 aromatic heterocycles. The molecule has 3 rings (SSSR count). The van der Waals surface area contributed by atoms with Gasteiger partial charge in [-0.1, -0.05) is 34.1 Å². The number of ether oxygens (including phenoxy) is 2. The Hall–Kier alpha value is -2.42. The zero-order chi connectivity index (χ0) is 21.6. The molecular weight excluding hydrogens is 450 g/mol. The second kappa shape index (κ2) is 10.1. The lowest BCUT2D eigenvalue weighted by Crippen LogP contribution is -2.52. The predicted octanol–water partition coefficient (Wildman–Crippen LogP) is 2.56. The fourth-order valence-corrected chi connectivity index (χ4v) is 3.52. The third-order valence-corrected chi connectivity index (χ3v) is 5.40. The summed E-state index contributed by atoms with van der Waals surface area (Å²) in [4.78, 5) is 17.8. The maximum absolute atomic E-state index is 13.1. The summed E-state index contributed by atoms with van der Waals surface area (Å²) in [7, 11) is 3.53. The molecule has 160 valence electrons. The second-order valence-electron chi connectivity index (χ2n) is 7.29. The minimum Gasteiger partial charge on any atom is -0.494 e. The van der Waals surface area contributed by atoms with Crippen molar-refractivity contribution in [3.63, 3.8) is 0 Å². The highest BCUT2D eigenvalue weighted by Crippen LogP contribution is 2.30. The van der Waals surface area contributed by atoms with E-state index in [4.69, 9.17) is 19.6 Å². The van der Waals surface area contributed by atoms with Gasteiger partial charge < -0.3 is 14.6 Å². The molecule has 2 aromatic rings. The molecule has 0 saturated heterocycles. The van der Waals surface area contributed by atoms with Gasteiger partial charge in [-0.3, -0.25) is 10.2 Å². The largest absolute Gasteiger partial charge is 0.494 e. The van der Waals surface area contributed by atoms with E-state index in [0.29, 0.717) is 31.1 Å². The fraction of sp³-hybridized carbons (Fsp3) is 0.364. The summed E-state index contributed by atoms with van der Waals surface area (Å²) in [5.41, 5.74) is 3.51. The van der Waals surface area contributed by atoms with Crippen molar-refractivity contribution in [2.24, 2.45) is 4.99 Å². The molecule has 8 heteroatoms. The Labute approximate surface area is 184 Å². The van der Waals surface area contributed by atoms with Crippen molar-refractivity contribution in [3.05, 3.63) is 64.1 Å². The van der Waals surface area contributed by atoms with Crippen LogP contribution in [0.15, 0.2) is 58.0 Å². The summed E-state index contributed by atoms with van der Waals surface area (Å²) in [6.45, 7) is 0.697. The Bertz CT molecular complexity index is 902. The molecule has 7 nitrogen and oxygen atoms in total. The molecule has 1 aliphatic rings. The zero-order valence-electron chi connectivity index (χ0n) is 17.1. The van der Waals surface area contributed by atoms with Crippen LogP contribution in [0.1, 0.15) is 17.5 Å². The lowest BCUT2D eigenvalue weighted by molar-refractivity contribution is -0.130. The van der Waals surface area contributed by atoms with Crippen LogP contribution in [0.2, 0.25) is 0 Å². The maximum Gasteiger partial charge on any atom is 0.266 e. The predicted molar refractivity (Wildman–Crippen MR) is 119 cm³/mol. The standard InChI is InChI=1S/C22H26BrN3O4/c1-26(2)25-21(28)22(14-17-6-3-4-7-19(17)23)15-30-20(24-22)16-8-10-18(11-9-16)29-13-5-12-27/h3-4,6-11,27H,5,12-15H2,1-2H3,(H,25,28)/t22-/m0/s1. The Balaban J connectivity index is 1.85. The summed E-state index contributed by atoms with van der Waals surface area (Å²) in [6.07, 6.45) is 0.982. The van der Waals surface area contributed by atoms with E-state index in [2.05, 4.69) is 21.4 Å². The van der Waals surface area contributed by atoms with Gasteiger partial charge in [0.1, 0.15) is 12.4 Å². The number of carbonyl (C=O) groups excluding carboxylic acids is 1. The third-order valence-electron chi connectivity index (χ3n) is 4.62. The van der Waals surface area contributed by atoms with Crippen LogP contribution in [-0.4, -0.2) is 61.4 Å². The molecule has 0 unspecified atom stereocenters. The van der Waals surface area contributed by atoms with E-state index in [9.17, 15) is 4.79 Å². The quantitative estimate of drug-likeness (QED) is 0.430. The molecule has 0 saturated carbocycles. The Morgan fingerprint density at radius 1 is 1.27 bits per heavy atom. The van der Waals surface area contributed by atoms with Crippen LogP contribution >= 0.6 is 15.9 Å². The number of aliphatic hydroxyl groups is 1. The average Bonchev–Trinajstić information content (AvgIpc) is 3.15. The van der Waals surface area contributed by atoms with Crippen LogP contribution in [0.5, 0.6) is 5.75 Å². The van der Waals surface area contributed by atoms with Crippen LogP contribution in [-0.2, 0) is 16.0 Å². The lowest BCUT2D eigenvalue weighted by Gasteiger charge is -2.25. The molecule has 0 fully saturated rings. The fourth-order valence-electron chi connectivity index (χ4n) is 3.09. The van der Waals surface area contributed by atoms with Crippen molar-refractivity contribution in [2.45, 2.75) is 18.4 Å². The molecule has 1 amide bonds. The molecule has 0 radical (unpaired) electrons. The first-order valence-corrected chi connectivity index (χ1v) is 10.5. The molecule has 0 aliphatic carbocycles. The van der Waals surface area contributed by atoms with Crippen LogP contribution in [0.25, 0.3) is 0 Å². The van der Waals surface area contributed by atoms with E-state index in [1.807, 2.05) is 48.5 Å². The van der Waals surface area contributed by atoms with Gasteiger partial charge in [-0.05, 0) is 35.9 Å². The van der Waals surface area contributed by atoms with E-state index < -0.39 is 5.54 Å². The number of hydrogen-bond acceptors (Lipinski definition) is 6. The number of nitrogens with one attached hydrogen (secondary N) is 1. The van der Waals surface area contributed by atoms with E-state index >= 15 is 0 Å². The highest BCUT2D eigenvalue weighted by molar-refractivity contribution is 9.10. The third kappa shape index (κ3) is 5.38. The summed E-state index contributed by atoms with van der Waals surface area (Å²) in [5.74, 6) is 0.913. The van der Waals surface area contributed by atoms with Gasteiger partial charge in [-0.2, -0.15) is 0 Å². The number of amides is 1. The Kier molecular flexibility index (Phi) is 7.47. The highest BCUT2D eigenvalue weighted by Gasteiger charge is 2.45. The van der Waals surface area contributed by atoms with Gasteiger partial charge in [0.2, 0.25) is 5.90 Å². The summed E-state index contributed by atoms with van der Waals surface area (Å²) >= 11 is 3.56. The van der Waals surface area contributed by atoms with Crippen LogP contribution in [0, 0.1) is 0 Å². The summed E-state index contributed by atoms with van der Waals surface area (Å²) in [6, 6.07) is 15.1. The smallest absolute Gasteiger partial charge is 0.266 e. The summed E-state index contributed by atoms with van der Waals surface area (Å²) in [5, 5.41) is 10.5. The SMILES string of the molecule is CN(C)NC(=O)[C@]1(Cc2ccccc2Br)COC(c2ccc(OCCCO)cc2)=N1. The van der Waals surface area contributed by atoms with Crippen molar-refractivity contribution in [1.82, 2.24) is 10.4 Å². The molecule has 30 heavy (non-hydrogen) atoms. The molecule has 1 atom stereocenters. The summed E-state index contributed by atoms with van der Waals surface area (Å²) < 4.78 is 12.4. The van der Waals surface area contributed by atoms with Crippen LogP contribution < -0.4 is 10.2 Å². The number of aliphatic imine (C=N–C) groups is 1. The molecule has 2 N–H and O–H groups in total. The van der Waals surface area contributed by atoms with Crippen molar-refractivity contribution in [1.29, 1.82) is 0 Å². The first-order chi connectivity index (χ1) is 14.4. The number of halogens is 1. The molecule has 1 aliphatic heterocycles. The van der Waals surface area contributed by atoms with E-state index in [1.54, 1.807) is 19.1 Å². The Morgan fingerprint density at radius 3 is 2.67 bits per heavy atom. The first-order valence-electron chi connectivity index (χ1n) is 9.72. The van der Waals surface area contributed by atoms with Crippen LogP contribution in [0.3, 0.4) is 0 Å². The molecule has 0 spiro atoms. The maximum atomic E-state index is 13.1. The van der Waals surface area contributed by atoms with Crippen molar-refractivity contribution in [3.8, 4) is 5.75 Å². The van der Waals surface area contributed by atoms with Gasteiger partial charge in [0.15, 0.2) is 5.54 Å².